The van der Waals surface area contributed by atoms with Gasteiger partial charge in [-0.2, -0.15) is 5.10 Å². The second kappa shape index (κ2) is 7.65. The molecule has 1 N–H and O–H groups in total. The Morgan fingerprint density at radius 1 is 1.09 bits per heavy atom. The number of aromatic nitrogens is 5. The van der Waals surface area contributed by atoms with Crippen LogP contribution in [0.15, 0.2) is 61.2 Å². The molecule has 2 heterocycles. The summed E-state index contributed by atoms with van der Waals surface area (Å²) in [4.78, 5) is 17.9. The molecule has 4 aliphatic rings. The van der Waals surface area contributed by atoms with E-state index in [0.29, 0.717) is 18.4 Å². The minimum atomic E-state index is -0.375. The molecule has 4 aliphatic carbocycles. The summed E-state index contributed by atoms with van der Waals surface area (Å²) < 4.78 is 3.85. The van der Waals surface area contributed by atoms with Crippen molar-refractivity contribution in [2.75, 3.05) is 5.32 Å². The summed E-state index contributed by atoms with van der Waals surface area (Å²) in [5.41, 5.74) is 1.43. The number of hydrogen-bond acceptors (Lipinski definition) is 4. The van der Waals surface area contributed by atoms with Crippen LogP contribution in [0.5, 0.6) is 0 Å². The van der Waals surface area contributed by atoms with Crippen LogP contribution in [0, 0.1) is 17.3 Å². The van der Waals surface area contributed by atoms with E-state index in [1.54, 1.807) is 12.5 Å². The second-order valence-electron chi connectivity index (χ2n) is 10.9. The molecule has 4 bridgehead atoms. The highest BCUT2D eigenvalue weighted by molar-refractivity contribution is 6.28. The standard InChI is InChI=1S/C27H27ClN6O/c28-25-29-17-34(32-25)27-11-18-8-19(12-27)10-26(9-18,16-27)24(35)31-22-13-30-33(15-22)14-21-6-3-5-20-4-1-2-7-23(20)21/h1-7,13,15,17-19H,8-12,14,16H2,(H,31,35). The highest BCUT2D eigenvalue weighted by atomic mass is 35.5. The number of hydrogen-bond donors (Lipinski definition) is 1. The van der Waals surface area contributed by atoms with Crippen molar-refractivity contribution in [2.45, 2.75) is 50.6 Å². The van der Waals surface area contributed by atoms with Crippen molar-refractivity contribution in [2.24, 2.45) is 17.3 Å². The van der Waals surface area contributed by atoms with Crippen LogP contribution in [0.25, 0.3) is 10.8 Å². The van der Waals surface area contributed by atoms with Gasteiger partial charge in [0.25, 0.3) is 0 Å². The molecule has 0 aliphatic heterocycles. The average Bonchev–Trinajstić information content (AvgIpc) is 3.48. The van der Waals surface area contributed by atoms with Crippen LogP contribution in [-0.2, 0) is 16.9 Å². The van der Waals surface area contributed by atoms with E-state index in [4.69, 9.17) is 11.6 Å². The maximum absolute atomic E-state index is 13.8. The van der Waals surface area contributed by atoms with E-state index >= 15 is 0 Å². The average molecular weight is 487 g/mol. The largest absolute Gasteiger partial charge is 0.323 e. The minimum Gasteiger partial charge on any atom is -0.323 e. The third-order valence-corrected chi connectivity index (χ3v) is 8.74. The van der Waals surface area contributed by atoms with Crippen molar-refractivity contribution in [3.63, 3.8) is 0 Å². The van der Waals surface area contributed by atoms with Gasteiger partial charge in [0.1, 0.15) is 6.33 Å². The molecule has 0 spiro atoms. The predicted molar refractivity (Wildman–Crippen MR) is 134 cm³/mol. The molecule has 0 saturated heterocycles. The Bertz CT molecular complexity index is 1420. The molecule has 1 amide bonds. The Balaban J connectivity index is 1.12. The molecule has 4 aromatic rings. The number of fused-ring (bicyclic) bond motifs is 1. The quantitative estimate of drug-likeness (QED) is 0.417. The first-order valence-corrected chi connectivity index (χ1v) is 12.8. The fraction of sp³-hybridized carbons (Fsp3) is 0.407. The number of amides is 1. The van der Waals surface area contributed by atoms with E-state index < -0.39 is 0 Å². The minimum absolute atomic E-state index is 0.117. The topological polar surface area (TPSA) is 77.6 Å². The zero-order chi connectivity index (χ0) is 23.6. The molecular weight excluding hydrogens is 460 g/mol. The number of rotatable bonds is 5. The van der Waals surface area contributed by atoms with Gasteiger partial charge in [0.15, 0.2) is 0 Å². The van der Waals surface area contributed by atoms with Crippen molar-refractivity contribution < 1.29 is 4.79 Å². The smallest absolute Gasteiger partial charge is 0.242 e. The fourth-order valence-corrected chi connectivity index (χ4v) is 7.73. The van der Waals surface area contributed by atoms with Crippen LogP contribution < -0.4 is 5.32 Å². The number of carbonyl (C=O) groups excluding carboxylic acids is 1. The van der Waals surface area contributed by atoms with Crippen LogP contribution in [0.2, 0.25) is 5.28 Å². The third-order valence-electron chi connectivity index (χ3n) is 8.57. The fourth-order valence-electron chi connectivity index (χ4n) is 7.60. The number of anilines is 1. The van der Waals surface area contributed by atoms with Gasteiger partial charge in [-0.1, -0.05) is 42.5 Å². The number of nitrogens with zero attached hydrogens (tertiary/aromatic N) is 5. The lowest BCUT2D eigenvalue weighted by Gasteiger charge is -2.60. The van der Waals surface area contributed by atoms with E-state index in [9.17, 15) is 4.79 Å². The Morgan fingerprint density at radius 3 is 2.69 bits per heavy atom. The molecule has 178 valence electrons. The SMILES string of the molecule is O=C(Nc1cnn(Cc2cccc3ccccc23)c1)C12CC3CC(C1)CC(n1cnc(Cl)n1)(C3)C2. The summed E-state index contributed by atoms with van der Waals surface area (Å²) in [7, 11) is 0. The van der Waals surface area contributed by atoms with E-state index in [1.165, 1.54) is 22.8 Å². The number of nitrogens with one attached hydrogen (secondary N) is 1. The summed E-state index contributed by atoms with van der Waals surface area (Å²) >= 11 is 6.07. The predicted octanol–water partition coefficient (Wildman–Crippen LogP) is 5.26. The van der Waals surface area contributed by atoms with Gasteiger partial charge in [0.2, 0.25) is 11.2 Å². The van der Waals surface area contributed by atoms with Gasteiger partial charge < -0.3 is 5.32 Å². The highest BCUT2D eigenvalue weighted by Crippen LogP contribution is 2.64. The molecule has 4 saturated carbocycles. The van der Waals surface area contributed by atoms with E-state index in [0.717, 1.165) is 37.8 Å². The lowest BCUT2D eigenvalue weighted by Crippen LogP contribution is -2.60. The maximum Gasteiger partial charge on any atom is 0.242 e. The maximum atomic E-state index is 13.8. The second-order valence-corrected chi connectivity index (χ2v) is 11.3. The van der Waals surface area contributed by atoms with Crippen molar-refractivity contribution in [3.05, 3.63) is 72.0 Å². The van der Waals surface area contributed by atoms with Crippen LogP contribution in [0.1, 0.15) is 44.1 Å². The Morgan fingerprint density at radius 2 is 1.89 bits per heavy atom. The van der Waals surface area contributed by atoms with E-state index in [1.807, 2.05) is 15.6 Å². The van der Waals surface area contributed by atoms with Gasteiger partial charge in [-0.3, -0.25) is 9.48 Å². The van der Waals surface area contributed by atoms with Gasteiger partial charge >= 0.3 is 0 Å². The number of halogens is 1. The molecule has 35 heavy (non-hydrogen) atoms. The molecule has 2 aromatic carbocycles. The Hall–Kier alpha value is -3.19. The first-order valence-electron chi connectivity index (χ1n) is 12.4. The van der Waals surface area contributed by atoms with E-state index in [2.05, 4.69) is 63.0 Å². The normalized spacial score (nSPS) is 29.1. The molecule has 8 rings (SSSR count). The summed E-state index contributed by atoms with van der Waals surface area (Å²) in [5, 5.41) is 15.0. The van der Waals surface area contributed by atoms with Crippen molar-refractivity contribution in [1.82, 2.24) is 24.5 Å². The van der Waals surface area contributed by atoms with E-state index in [-0.39, 0.29) is 22.1 Å². The third kappa shape index (κ3) is 3.47. The zero-order valence-corrected chi connectivity index (χ0v) is 20.2. The van der Waals surface area contributed by atoms with Crippen LogP contribution in [-0.4, -0.2) is 30.5 Å². The molecule has 7 nitrogen and oxygen atoms in total. The Labute approximate surface area is 208 Å². The van der Waals surface area contributed by atoms with Crippen molar-refractivity contribution in [3.8, 4) is 0 Å². The number of benzene rings is 2. The summed E-state index contributed by atoms with van der Waals surface area (Å²) in [6.07, 6.45) is 11.5. The molecule has 2 unspecified atom stereocenters. The first kappa shape index (κ1) is 21.1. The molecule has 2 atom stereocenters. The lowest BCUT2D eigenvalue weighted by atomic mass is 9.46. The Kier molecular flexibility index (Phi) is 4.62. The molecular formula is C27H27ClN6O. The number of carbonyl (C=O) groups is 1. The molecule has 4 fully saturated rings. The summed E-state index contributed by atoms with van der Waals surface area (Å²) in [6, 6.07) is 14.7. The van der Waals surface area contributed by atoms with Gasteiger partial charge in [-0.15, -0.1) is 5.10 Å². The lowest BCUT2D eigenvalue weighted by molar-refractivity contribution is -0.150. The van der Waals surface area contributed by atoms with Gasteiger partial charge in [0.05, 0.1) is 29.4 Å². The van der Waals surface area contributed by atoms with Crippen molar-refractivity contribution >= 4 is 34.0 Å². The zero-order valence-electron chi connectivity index (χ0n) is 19.4. The van der Waals surface area contributed by atoms with Crippen LogP contribution in [0.4, 0.5) is 5.69 Å². The molecule has 0 radical (unpaired) electrons. The van der Waals surface area contributed by atoms with Gasteiger partial charge in [0, 0.05) is 6.20 Å². The first-order chi connectivity index (χ1) is 17.0. The molecule has 8 heteroatoms. The highest BCUT2D eigenvalue weighted by Gasteiger charge is 2.61. The monoisotopic (exact) mass is 486 g/mol. The van der Waals surface area contributed by atoms with Gasteiger partial charge in [-0.05, 0) is 78.3 Å². The van der Waals surface area contributed by atoms with Crippen LogP contribution in [0.3, 0.4) is 0 Å². The van der Waals surface area contributed by atoms with Crippen LogP contribution >= 0.6 is 11.6 Å². The summed E-state index contributed by atoms with van der Waals surface area (Å²) in [6.45, 7) is 0.655. The van der Waals surface area contributed by atoms with Gasteiger partial charge in [-0.25, -0.2) is 9.67 Å². The molecule has 2 aromatic heterocycles. The van der Waals surface area contributed by atoms with Crippen molar-refractivity contribution in [1.29, 1.82) is 0 Å². The summed E-state index contributed by atoms with van der Waals surface area (Å²) in [5.74, 6) is 1.20.